The predicted octanol–water partition coefficient (Wildman–Crippen LogP) is -0.435. The number of carbonyl (C=O) groups excluding carboxylic acids is 1. The standard InChI is InChI=1S/C32H34O16/c1-40-18-6-13-14(7-19(18)41-2)29(15-8-42-30(39)23(15)22(13)12-3-4-17-20(5-12)46-11-45-17)48-32-28(38)26(36)25(35)21(47-32)10-44-31-27(37)24(34)16(33)9-43-31/h3-7,16,21,24-28,31-38H,8-11H2,1-2H3/t16-,21-,24-,25-,26+,27-,28-,31-,32+/m1/s1. The first-order valence-corrected chi connectivity index (χ1v) is 15.1. The minimum absolute atomic E-state index is 0.0487. The van der Waals surface area contributed by atoms with Crippen molar-refractivity contribution < 1.29 is 78.1 Å². The molecule has 48 heavy (non-hydrogen) atoms. The summed E-state index contributed by atoms with van der Waals surface area (Å²) >= 11 is 0. The molecule has 16 nitrogen and oxygen atoms in total. The van der Waals surface area contributed by atoms with Gasteiger partial charge in [0.25, 0.3) is 0 Å². The van der Waals surface area contributed by atoms with E-state index in [2.05, 4.69) is 0 Å². The number of benzene rings is 3. The fourth-order valence-electron chi connectivity index (χ4n) is 6.28. The Morgan fingerprint density at radius 1 is 0.771 bits per heavy atom. The summed E-state index contributed by atoms with van der Waals surface area (Å²) in [5, 5.41) is 63.3. The van der Waals surface area contributed by atoms with Gasteiger partial charge in [0.2, 0.25) is 13.1 Å². The first-order valence-electron chi connectivity index (χ1n) is 15.1. The fraction of sp³-hybridized carbons (Fsp3) is 0.469. The Labute approximate surface area is 272 Å². The number of methoxy groups -OCH3 is 2. The lowest BCUT2D eigenvalue weighted by Gasteiger charge is -2.41. The van der Waals surface area contributed by atoms with Crippen molar-refractivity contribution in [1.29, 1.82) is 0 Å². The molecule has 4 aliphatic rings. The lowest BCUT2D eigenvalue weighted by molar-refractivity contribution is -0.307. The molecule has 16 heteroatoms. The van der Waals surface area contributed by atoms with E-state index in [1.807, 2.05) is 0 Å². The lowest BCUT2D eigenvalue weighted by atomic mass is 9.89. The van der Waals surface area contributed by atoms with Gasteiger partial charge in [0.1, 0.15) is 55.1 Å². The maximum atomic E-state index is 13.4. The van der Waals surface area contributed by atoms with Crippen LogP contribution in [-0.4, -0.2) is 126 Å². The van der Waals surface area contributed by atoms with Gasteiger partial charge in [-0.2, -0.15) is 0 Å². The number of hydrogen-bond donors (Lipinski definition) is 6. The van der Waals surface area contributed by atoms with E-state index in [4.69, 9.17) is 42.6 Å². The molecule has 9 atom stereocenters. The summed E-state index contributed by atoms with van der Waals surface area (Å²) in [6, 6.07) is 8.53. The highest BCUT2D eigenvalue weighted by molar-refractivity contribution is 6.14. The van der Waals surface area contributed by atoms with E-state index in [9.17, 15) is 35.4 Å². The summed E-state index contributed by atoms with van der Waals surface area (Å²) < 4.78 is 50.6. The number of rotatable bonds is 8. The van der Waals surface area contributed by atoms with Crippen LogP contribution in [0.25, 0.3) is 21.9 Å². The van der Waals surface area contributed by atoms with Crippen LogP contribution in [0.5, 0.6) is 28.7 Å². The third-order valence-corrected chi connectivity index (χ3v) is 8.86. The van der Waals surface area contributed by atoms with Crippen molar-refractivity contribution in [3.8, 4) is 39.9 Å². The molecular formula is C32H34O16. The SMILES string of the molecule is COc1cc2c(O[C@@H]3O[C@H](CO[C@H]4OC[C@@H](O)[C@@H](O)[C@H]4O)[C@@H](O)[C@H](O)[C@H]3O)c3c(c(-c4ccc5c(c4)OCO5)c2cc1OC)C(=O)OC3. The van der Waals surface area contributed by atoms with Crippen LogP contribution in [0.15, 0.2) is 30.3 Å². The monoisotopic (exact) mass is 674 g/mol. The molecule has 3 aromatic rings. The Bertz CT molecular complexity index is 1710. The zero-order valence-electron chi connectivity index (χ0n) is 25.7. The Balaban J connectivity index is 1.28. The predicted molar refractivity (Wildman–Crippen MR) is 159 cm³/mol. The van der Waals surface area contributed by atoms with Gasteiger partial charge in [-0.25, -0.2) is 4.79 Å². The van der Waals surface area contributed by atoms with Crippen LogP contribution < -0.4 is 23.7 Å². The fourth-order valence-corrected chi connectivity index (χ4v) is 6.28. The molecule has 0 saturated carbocycles. The normalized spacial score (nSPS) is 31.0. The molecule has 0 unspecified atom stereocenters. The maximum absolute atomic E-state index is 13.4. The van der Waals surface area contributed by atoms with Gasteiger partial charge in [0, 0.05) is 16.5 Å². The average Bonchev–Trinajstić information content (AvgIpc) is 3.73. The topological polar surface area (TPSA) is 222 Å². The zero-order valence-corrected chi connectivity index (χ0v) is 25.7. The van der Waals surface area contributed by atoms with E-state index in [1.54, 1.807) is 30.3 Å². The molecule has 2 fully saturated rings. The van der Waals surface area contributed by atoms with Crippen LogP contribution in [0.2, 0.25) is 0 Å². The van der Waals surface area contributed by atoms with E-state index in [0.29, 0.717) is 50.5 Å². The number of aliphatic hydroxyl groups is 6. The maximum Gasteiger partial charge on any atom is 0.339 e. The summed E-state index contributed by atoms with van der Waals surface area (Å²) in [6.07, 6.45) is -14.0. The Morgan fingerprint density at radius 2 is 1.48 bits per heavy atom. The van der Waals surface area contributed by atoms with E-state index < -0.39 is 67.9 Å². The van der Waals surface area contributed by atoms with Crippen molar-refractivity contribution in [2.75, 3.05) is 34.2 Å². The van der Waals surface area contributed by atoms with Crippen LogP contribution >= 0.6 is 0 Å². The first kappa shape index (κ1) is 32.6. The van der Waals surface area contributed by atoms with E-state index in [-0.39, 0.29) is 31.3 Å². The second-order valence-electron chi connectivity index (χ2n) is 11.7. The quantitative estimate of drug-likeness (QED) is 0.167. The van der Waals surface area contributed by atoms with Gasteiger partial charge in [0.15, 0.2) is 29.3 Å². The third kappa shape index (κ3) is 5.44. The highest BCUT2D eigenvalue weighted by Crippen LogP contribution is 2.49. The van der Waals surface area contributed by atoms with Crippen molar-refractivity contribution in [3.05, 3.63) is 41.5 Å². The smallest absolute Gasteiger partial charge is 0.339 e. The largest absolute Gasteiger partial charge is 0.493 e. The van der Waals surface area contributed by atoms with Gasteiger partial charge in [-0.15, -0.1) is 0 Å². The number of esters is 1. The van der Waals surface area contributed by atoms with Gasteiger partial charge in [-0.1, -0.05) is 6.07 Å². The van der Waals surface area contributed by atoms with Gasteiger partial charge < -0.3 is 73.3 Å². The molecule has 0 bridgehead atoms. The average molecular weight is 675 g/mol. The van der Waals surface area contributed by atoms with Crippen molar-refractivity contribution >= 4 is 16.7 Å². The van der Waals surface area contributed by atoms with Crippen LogP contribution in [0, 0.1) is 0 Å². The molecule has 0 aromatic heterocycles. The molecule has 4 aliphatic heterocycles. The van der Waals surface area contributed by atoms with E-state index in [1.165, 1.54) is 14.2 Å². The number of fused-ring (bicyclic) bond motifs is 3. The number of aliphatic hydroxyl groups excluding tert-OH is 6. The summed E-state index contributed by atoms with van der Waals surface area (Å²) in [5.74, 6) is 1.14. The number of cyclic esters (lactones) is 1. The number of carbonyl (C=O) groups is 1. The van der Waals surface area contributed by atoms with Crippen LogP contribution in [0.1, 0.15) is 15.9 Å². The van der Waals surface area contributed by atoms with Crippen molar-refractivity contribution in [3.63, 3.8) is 0 Å². The minimum atomic E-state index is -1.78. The van der Waals surface area contributed by atoms with Gasteiger partial charge in [-0.3, -0.25) is 0 Å². The molecule has 258 valence electrons. The first-order chi connectivity index (χ1) is 23.1. The molecule has 0 aliphatic carbocycles. The highest BCUT2D eigenvalue weighted by atomic mass is 16.7. The highest BCUT2D eigenvalue weighted by Gasteiger charge is 2.47. The van der Waals surface area contributed by atoms with E-state index in [0.717, 1.165) is 0 Å². The molecule has 0 spiro atoms. The van der Waals surface area contributed by atoms with E-state index >= 15 is 0 Å². The molecule has 3 aromatic carbocycles. The van der Waals surface area contributed by atoms with Gasteiger partial charge in [-0.05, 0) is 35.2 Å². The molecule has 0 amide bonds. The van der Waals surface area contributed by atoms with Crippen LogP contribution in [0.3, 0.4) is 0 Å². The molecule has 4 heterocycles. The Morgan fingerprint density at radius 3 is 2.23 bits per heavy atom. The summed E-state index contributed by atoms with van der Waals surface area (Å²) in [5.41, 5.74) is 1.59. The summed E-state index contributed by atoms with van der Waals surface area (Å²) in [7, 11) is 2.91. The van der Waals surface area contributed by atoms with Crippen molar-refractivity contribution in [1.82, 2.24) is 0 Å². The molecule has 0 radical (unpaired) electrons. The minimum Gasteiger partial charge on any atom is -0.493 e. The van der Waals surface area contributed by atoms with Gasteiger partial charge >= 0.3 is 5.97 Å². The lowest BCUT2D eigenvalue weighted by Crippen LogP contribution is -2.61. The molecule has 6 N–H and O–H groups in total. The van der Waals surface area contributed by atoms with Crippen molar-refractivity contribution in [2.45, 2.75) is 61.9 Å². The Kier molecular flexibility index (Phi) is 8.69. The number of hydrogen-bond acceptors (Lipinski definition) is 16. The third-order valence-electron chi connectivity index (χ3n) is 8.86. The van der Waals surface area contributed by atoms with Crippen LogP contribution in [-0.2, 0) is 25.6 Å². The van der Waals surface area contributed by atoms with Gasteiger partial charge in [0.05, 0.1) is 33.0 Å². The number of ether oxygens (including phenoxy) is 9. The molecular weight excluding hydrogens is 640 g/mol. The molecule has 7 rings (SSSR count). The zero-order chi connectivity index (χ0) is 33.9. The second-order valence-corrected chi connectivity index (χ2v) is 11.7. The van der Waals surface area contributed by atoms with Crippen LogP contribution in [0.4, 0.5) is 0 Å². The summed E-state index contributed by atoms with van der Waals surface area (Å²) in [6.45, 7) is -0.951. The summed E-state index contributed by atoms with van der Waals surface area (Å²) in [4.78, 5) is 13.4. The molecule has 2 saturated heterocycles. The Hall–Kier alpha value is -3.97. The van der Waals surface area contributed by atoms with Crippen molar-refractivity contribution in [2.24, 2.45) is 0 Å². The second kappa shape index (κ2) is 12.8.